The number of ether oxygens (including phenoxy) is 1. The molecule has 2 aliphatic heterocycles. The van der Waals surface area contributed by atoms with Gasteiger partial charge in [0.15, 0.2) is 11.6 Å². The van der Waals surface area contributed by atoms with Crippen LogP contribution < -0.4 is 10.6 Å². The zero-order valence-corrected chi connectivity index (χ0v) is 22.4. The highest BCUT2D eigenvalue weighted by Gasteiger charge is 2.31. The van der Waals surface area contributed by atoms with E-state index in [1.54, 1.807) is 42.5 Å². The smallest absolute Gasteiger partial charge is 0.253 e. The summed E-state index contributed by atoms with van der Waals surface area (Å²) in [5.74, 6) is 1.50. The number of hydrogen-bond acceptors (Lipinski definition) is 11. The van der Waals surface area contributed by atoms with Gasteiger partial charge in [0.25, 0.3) is 5.91 Å². The fourth-order valence-electron chi connectivity index (χ4n) is 4.76. The standard InChI is InChI=1S/C25H34N8O3S/c1-16-18(15-31-5-4-6-33(8-7-31)23(34)25(2,3)35)37-20-19(16)29-21(17-13-27-24(26)28-14-17)30-22(20)32-9-11-36-12-10-32/h13-14,35H,4-12,15H2,1-3H3,(H2,26,27,28). The molecule has 0 saturated carbocycles. The normalized spacial score (nSPS) is 17.8. The molecule has 2 fully saturated rings. The van der Waals surface area contributed by atoms with E-state index in [0.717, 1.165) is 66.3 Å². The summed E-state index contributed by atoms with van der Waals surface area (Å²) in [6.07, 6.45) is 4.19. The van der Waals surface area contributed by atoms with Crippen molar-refractivity contribution in [2.75, 3.05) is 63.1 Å². The van der Waals surface area contributed by atoms with Gasteiger partial charge in [-0.15, -0.1) is 11.3 Å². The van der Waals surface area contributed by atoms with Crippen molar-refractivity contribution < 1.29 is 14.6 Å². The van der Waals surface area contributed by atoms with Crippen molar-refractivity contribution in [2.24, 2.45) is 0 Å². The number of aliphatic hydroxyl groups is 1. The van der Waals surface area contributed by atoms with Gasteiger partial charge in [-0.25, -0.2) is 19.9 Å². The van der Waals surface area contributed by atoms with Crippen molar-refractivity contribution in [1.82, 2.24) is 29.7 Å². The Morgan fingerprint density at radius 1 is 1.11 bits per heavy atom. The van der Waals surface area contributed by atoms with Gasteiger partial charge in [-0.2, -0.15) is 0 Å². The first-order valence-electron chi connectivity index (χ1n) is 12.7. The van der Waals surface area contributed by atoms with Crippen LogP contribution in [-0.4, -0.2) is 98.8 Å². The molecule has 0 unspecified atom stereocenters. The minimum absolute atomic E-state index is 0.211. The van der Waals surface area contributed by atoms with Crippen LogP contribution in [0.2, 0.25) is 0 Å². The summed E-state index contributed by atoms with van der Waals surface area (Å²) >= 11 is 1.74. The minimum atomic E-state index is -1.35. The third-order valence-corrected chi connectivity index (χ3v) is 8.12. The van der Waals surface area contributed by atoms with Crippen LogP contribution in [0.25, 0.3) is 21.6 Å². The molecular formula is C25H34N8O3S. The molecule has 11 nitrogen and oxygen atoms in total. The molecule has 0 aromatic carbocycles. The highest BCUT2D eigenvalue weighted by Crippen LogP contribution is 2.38. The van der Waals surface area contributed by atoms with Gasteiger partial charge in [-0.05, 0) is 32.8 Å². The highest BCUT2D eigenvalue weighted by atomic mass is 32.1. The lowest BCUT2D eigenvalue weighted by Gasteiger charge is -2.28. The number of carbonyl (C=O) groups excluding carboxylic acids is 1. The van der Waals surface area contributed by atoms with Crippen molar-refractivity contribution >= 4 is 39.2 Å². The van der Waals surface area contributed by atoms with E-state index in [4.69, 9.17) is 20.4 Å². The van der Waals surface area contributed by atoms with Gasteiger partial charge in [-0.1, -0.05) is 0 Å². The number of rotatable bonds is 5. The second-order valence-corrected chi connectivity index (χ2v) is 11.2. The first-order chi connectivity index (χ1) is 17.7. The van der Waals surface area contributed by atoms with E-state index in [0.29, 0.717) is 32.1 Å². The number of nitrogens with two attached hydrogens (primary N) is 1. The Labute approximate surface area is 220 Å². The average molecular weight is 527 g/mol. The maximum atomic E-state index is 12.6. The van der Waals surface area contributed by atoms with Crippen LogP contribution in [0.1, 0.15) is 30.7 Å². The van der Waals surface area contributed by atoms with Crippen molar-refractivity contribution in [3.63, 3.8) is 0 Å². The zero-order valence-electron chi connectivity index (χ0n) is 21.6. The molecule has 1 amide bonds. The van der Waals surface area contributed by atoms with Gasteiger partial charge >= 0.3 is 0 Å². The molecule has 37 heavy (non-hydrogen) atoms. The minimum Gasteiger partial charge on any atom is -0.381 e. The van der Waals surface area contributed by atoms with Gasteiger partial charge in [0.1, 0.15) is 5.60 Å². The number of amides is 1. The van der Waals surface area contributed by atoms with Crippen LogP contribution in [0.15, 0.2) is 12.4 Å². The Bertz CT molecular complexity index is 1270. The molecule has 0 bridgehead atoms. The summed E-state index contributed by atoms with van der Waals surface area (Å²) in [6.45, 7) is 11.8. The molecule has 3 aromatic rings. The number of nitrogens with zero attached hydrogens (tertiary/aromatic N) is 7. The first kappa shape index (κ1) is 25.7. The molecular weight excluding hydrogens is 492 g/mol. The van der Waals surface area contributed by atoms with Crippen molar-refractivity contribution in [1.29, 1.82) is 0 Å². The highest BCUT2D eigenvalue weighted by molar-refractivity contribution is 7.19. The van der Waals surface area contributed by atoms with Crippen molar-refractivity contribution in [2.45, 2.75) is 39.3 Å². The Morgan fingerprint density at radius 2 is 1.84 bits per heavy atom. The number of carbonyl (C=O) groups is 1. The molecule has 0 aliphatic carbocycles. The monoisotopic (exact) mass is 526 g/mol. The SMILES string of the molecule is Cc1c(CN2CCCN(C(=O)C(C)(C)O)CC2)sc2c(N3CCOCC3)nc(-c3cnc(N)nc3)nc12. The van der Waals surface area contributed by atoms with E-state index in [-0.39, 0.29) is 11.9 Å². The summed E-state index contributed by atoms with van der Waals surface area (Å²) in [5.41, 5.74) is 7.15. The zero-order chi connectivity index (χ0) is 26.2. The van der Waals surface area contributed by atoms with Gasteiger partial charge < -0.3 is 25.4 Å². The molecule has 5 rings (SSSR count). The second kappa shape index (κ2) is 10.4. The summed E-state index contributed by atoms with van der Waals surface area (Å²) in [6, 6.07) is 0. The van der Waals surface area contributed by atoms with Crippen LogP contribution in [0.4, 0.5) is 11.8 Å². The van der Waals surface area contributed by atoms with Crippen LogP contribution >= 0.6 is 11.3 Å². The number of anilines is 2. The molecule has 198 valence electrons. The molecule has 3 aromatic heterocycles. The van der Waals surface area contributed by atoms with E-state index in [9.17, 15) is 9.90 Å². The maximum Gasteiger partial charge on any atom is 0.253 e. The number of aryl methyl sites for hydroxylation is 1. The predicted octanol–water partition coefficient (Wildman–Crippen LogP) is 1.68. The molecule has 2 aliphatic rings. The molecule has 0 atom stereocenters. The van der Waals surface area contributed by atoms with Gasteiger partial charge in [-0.3, -0.25) is 9.69 Å². The molecule has 5 heterocycles. The van der Waals surface area contributed by atoms with Crippen molar-refractivity contribution in [3.05, 3.63) is 22.8 Å². The van der Waals surface area contributed by atoms with Crippen LogP contribution in [0.3, 0.4) is 0 Å². The number of hydrogen-bond donors (Lipinski definition) is 2. The van der Waals surface area contributed by atoms with E-state index in [2.05, 4.69) is 26.7 Å². The average Bonchev–Trinajstić information content (AvgIpc) is 3.04. The van der Waals surface area contributed by atoms with Crippen LogP contribution in [0.5, 0.6) is 0 Å². The van der Waals surface area contributed by atoms with Crippen LogP contribution in [0, 0.1) is 6.92 Å². The van der Waals surface area contributed by atoms with E-state index >= 15 is 0 Å². The van der Waals surface area contributed by atoms with E-state index in [1.807, 2.05) is 0 Å². The third kappa shape index (κ3) is 5.52. The Balaban J connectivity index is 1.45. The molecule has 0 spiro atoms. The van der Waals surface area contributed by atoms with Gasteiger partial charge in [0.05, 0.1) is 29.0 Å². The van der Waals surface area contributed by atoms with E-state index < -0.39 is 5.60 Å². The Kier molecular flexibility index (Phi) is 7.26. The largest absolute Gasteiger partial charge is 0.381 e. The third-order valence-electron chi connectivity index (χ3n) is 6.85. The lowest BCUT2D eigenvalue weighted by molar-refractivity contribution is -0.147. The van der Waals surface area contributed by atoms with Gasteiger partial charge in [0.2, 0.25) is 5.95 Å². The molecule has 12 heteroatoms. The predicted molar refractivity (Wildman–Crippen MR) is 143 cm³/mol. The number of fused-ring (bicyclic) bond motifs is 1. The number of nitrogen functional groups attached to an aromatic ring is 1. The Hall–Kier alpha value is -2.93. The molecule has 2 saturated heterocycles. The van der Waals surface area contributed by atoms with E-state index in [1.165, 1.54) is 4.88 Å². The van der Waals surface area contributed by atoms with Crippen LogP contribution in [-0.2, 0) is 16.1 Å². The molecule has 0 radical (unpaired) electrons. The summed E-state index contributed by atoms with van der Waals surface area (Å²) in [4.78, 5) is 38.4. The number of morpholine rings is 1. The molecule has 3 N–H and O–H groups in total. The van der Waals surface area contributed by atoms with Gasteiger partial charge in [0, 0.05) is 63.1 Å². The second-order valence-electron chi connectivity index (χ2n) is 10.1. The lowest BCUT2D eigenvalue weighted by atomic mass is 10.1. The summed E-state index contributed by atoms with van der Waals surface area (Å²) < 4.78 is 6.66. The quantitative estimate of drug-likeness (QED) is 0.506. The van der Waals surface area contributed by atoms with Crippen molar-refractivity contribution in [3.8, 4) is 11.4 Å². The summed E-state index contributed by atoms with van der Waals surface area (Å²) in [7, 11) is 0. The fourth-order valence-corrected chi connectivity index (χ4v) is 6.07. The number of thiophene rings is 1. The fraction of sp³-hybridized carbons (Fsp3) is 0.560. The number of aromatic nitrogens is 4. The maximum absolute atomic E-state index is 12.6. The topological polar surface area (TPSA) is 134 Å². The Morgan fingerprint density at radius 3 is 2.54 bits per heavy atom. The first-order valence-corrected chi connectivity index (χ1v) is 13.5. The summed E-state index contributed by atoms with van der Waals surface area (Å²) in [5, 5.41) is 10.2. The lowest BCUT2D eigenvalue weighted by Crippen LogP contribution is -2.46.